The molecule has 0 aliphatic heterocycles. The fourth-order valence-corrected chi connectivity index (χ4v) is 1.53. The minimum Gasteiger partial charge on any atom is -0.327 e. The summed E-state index contributed by atoms with van der Waals surface area (Å²) in [6.07, 6.45) is 13.2. The van der Waals surface area contributed by atoms with Crippen LogP contribution in [0.15, 0.2) is 11.6 Å². The molecule has 0 heterocycles. The molecule has 0 saturated heterocycles. The monoisotopic (exact) mass is 197 g/mol. The normalized spacial score (nSPS) is 12.1. The van der Waals surface area contributed by atoms with E-state index in [4.69, 9.17) is 5.73 Å². The number of unbranched alkanes of at least 4 members (excludes halogenated alkanes) is 7. The van der Waals surface area contributed by atoms with Crippen LogP contribution in [0.25, 0.3) is 0 Å². The van der Waals surface area contributed by atoms with E-state index >= 15 is 0 Å². The highest BCUT2D eigenvalue weighted by Crippen LogP contribution is 2.09. The Bertz CT molecular complexity index is 138. The van der Waals surface area contributed by atoms with Crippen molar-refractivity contribution < 1.29 is 0 Å². The molecule has 0 aromatic rings. The molecule has 0 aliphatic rings. The van der Waals surface area contributed by atoms with E-state index in [0.717, 1.165) is 6.54 Å². The first-order valence-corrected chi connectivity index (χ1v) is 6.17. The van der Waals surface area contributed by atoms with Crippen molar-refractivity contribution in [1.82, 2.24) is 0 Å². The fourth-order valence-electron chi connectivity index (χ4n) is 1.53. The summed E-state index contributed by atoms with van der Waals surface area (Å²) < 4.78 is 0. The molecule has 0 aromatic carbocycles. The summed E-state index contributed by atoms with van der Waals surface area (Å²) in [4.78, 5) is 0. The predicted molar refractivity (Wildman–Crippen MR) is 65.4 cm³/mol. The van der Waals surface area contributed by atoms with Gasteiger partial charge in [0.15, 0.2) is 0 Å². The third-order valence-corrected chi connectivity index (χ3v) is 2.62. The summed E-state index contributed by atoms with van der Waals surface area (Å²) in [6.45, 7) is 5.10. The molecule has 0 aromatic heterocycles. The zero-order chi connectivity index (χ0) is 10.6. The van der Waals surface area contributed by atoms with Crippen molar-refractivity contribution in [3.8, 4) is 0 Å². The van der Waals surface area contributed by atoms with E-state index in [-0.39, 0.29) is 0 Å². The molecule has 0 bridgehead atoms. The third kappa shape index (κ3) is 9.79. The van der Waals surface area contributed by atoms with Crippen LogP contribution in [0.1, 0.15) is 65.2 Å². The maximum atomic E-state index is 5.50. The van der Waals surface area contributed by atoms with Crippen LogP contribution >= 0.6 is 0 Å². The molecule has 0 rings (SSSR count). The van der Waals surface area contributed by atoms with E-state index in [9.17, 15) is 0 Å². The summed E-state index contributed by atoms with van der Waals surface area (Å²) in [5, 5.41) is 0. The zero-order valence-corrected chi connectivity index (χ0v) is 10.0. The van der Waals surface area contributed by atoms with Gasteiger partial charge in [-0.1, -0.05) is 57.1 Å². The minimum atomic E-state index is 0.719. The van der Waals surface area contributed by atoms with E-state index in [1.54, 1.807) is 0 Å². The topological polar surface area (TPSA) is 26.0 Å². The maximum Gasteiger partial charge on any atom is 0.0134 e. The van der Waals surface area contributed by atoms with E-state index in [1.165, 1.54) is 56.9 Å². The SMILES string of the molecule is CCCCCCCCCC=C(C)CN. The Morgan fingerprint density at radius 1 is 1.00 bits per heavy atom. The van der Waals surface area contributed by atoms with Gasteiger partial charge in [0.05, 0.1) is 0 Å². The van der Waals surface area contributed by atoms with Gasteiger partial charge in [-0.25, -0.2) is 0 Å². The zero-order valence-electron chi connectivity index (χ0n) is 10.0. The third-order valence-electron chi connectivity index (χ3n) is 2.62. The smallest absolute Gasteiger partial charge is 0.0134 e. The first-order valence-electron chi connectivity index (χ1n) is 6.17. The van der Waals surface area contributed by atoms with Crippen molar-refractivity contribution in [2.45, 2.75) is 65.2 Å². The molecule has 0 unspecified atom stereocenters. The average molecular weight is 197 g/mol. The number of nitrogens with two attached hydrogens (primary N) is 1. The number of hydrogen-bond acceptors (Lipinski definition) is 1. The van der Waals surface area contributed by atoms with Gasteiger partial charge in [-0.3, -0.25) is 0 Å². The van der Waals surface area contributed by atoms with Gasteiger partial charge in [0.25, 0.3) is 0 Å². The quantitative estimate of drug-likeness (QED) is 0.438. The van der Waals surface area contributed by atoms with E-state index in [0.29, 0.717) is 0 Å². The maximum absolute atomic E-state index is 5.50. The highest BCUT2D eigenvalue weighted by molar-refractivity contribution is 4.98. The van der Waals surface area contributed by atoms with Crippen LogP contribution in [0, 0.1) is 0 Å². The molecule has 84 valence electrons. The van der Waals surface area contributed by atoms with Crippen molar-refractivity contribution in [2.24, 2.45) is 5.73 Å². The molecule has 0 atom stereocenters. The largest absolute Gasteiger partial charge is 0.327 e. The number of hydrogen-bond donors (Lipinski definition) is 1. The van der Waals surface area contributed by atoms with Crippen LogP contribution in [0.3, 0.4) is 0 Å². The van der Waals surface area contributed by atoms with E-state index in [1.807, 2.05) is 0 Å². The molecular weight excluding hydrogens is 170 g/mol. The Hall–Kier alpha value is -0.300. The number of allylic oxidation sites excluding steroid dienone is 1. The van der Waals surface area contributed by atoms with Crippen molar-refractivity contribution >= 4 is 0 Å². The van der Waals surface area contributed by atoms with Gasteiger partial charge in [0.2, 0.25) is 0 Å². The lowest BCUT2D eigenvalue weighted by atomic mass is 10.1. The van der Waals surface area contributed by atoms with Crippen molar-refractivity contribution in [3.63, 3.8) is 0 Å². The lowest BCUT2D eigenvalue weighted by molar-refractivity contribution is 0.591. The molecule has 1 heteroatoms. The molecular formula is C13H27N. The summed E-state index contributed by atoms with van der Waals surface area (Å²) in [7, 11) is 0. The van der Waals surface area contributed by atoms with Crippen molar-refractivity contribution in [2.75, 3.05) is 6.54 Å². The first kappa shape index (κ1) is 13.7. The molecule has 1 nitrogen and oxygen atoms in total. The van der Waals surface area contributed by atoms with E-state index < -0.39 is 0 Å². The Kier molecular flexibility index (Phi) is 10.5. The summed E-state index contributed by atoms with van der Waals surface area (Å²) in [5.74, 6) is 0. The second-order valence-corrected chi connectivity index (χ2v) is 4.16. The van der Waals surface area contributed by atoms with Gasteiger partial charge in [-0.05, 0) is 19.8 Å². The predicted octanol–water partition coefficient (Wildman–Crippen LogP) is 4.03. The van der Waals surface area contributed by atoms with Gasteiger partial charge >= 0.3 is 0 Å². The lowest BCUT2D eigenvalue weighted by Gasteiger charge is -1.99. The molecule has 2 N–H and O–H groups in total. The van der Waals surface area contributed by atoms with Gasteiger partial charge < -0.3 is 5.73 Å². The highest BCUT2D eigenvalue weighted by Gasteiger charge is 1.90. The summed E-state index contributed by atoms with van der Waals surface area (Å²) in [5.41, 5.74) is 6.83. The first-order chi connectivity index (χ1) is 6.81. The van der Waals surface area contributed by atoms with Gasteiger partial charge in [-0.2, -0.15) is 0 Å². The molecule has 0 spiro atoms. The van der Waals surface area contributed by atoms with Crippen molar-refractivity contribution in [1.29, 1.82) is 0 Å². The van der Waals surface area contributed by atoms with Crippen molar-refractivity contribution in [3.05, 3.63) is 11.6 Å². The van der Waals surface area contributed by atoms with E-state index in [2.05, 4.69) is 19.9 Å². The summed E-state index contributed by atoms with van der Waals surface area (Å²) in [6, 6.07) is 0. The molecule has 0 fully saturated rings. The second-order valence-electron chi connectivity index (χ2n) is 4.16. The van der Waals surface area contributed by atoms with Crippen LogP contribution < -0.4 is 5.73 Å². The van der Waals surface area contributed by atoms with Crippen LogP contribution in [-0.4, -0.2) is 6.54 Å². The van der Waals surface area contributed by atoms with Crippen LogP contribution in [-0.2, 0) is 0 Å². The Morgan fingerprint density at radius 3 is 2.14 bits per heavy atom. The van der Waals surface area contributed by atoms with Crippen LogP contribution in [0.2, 0.25) is 0 Å². The Labute approximate surface area is 89.8 Å². The fraction of sp³-hybridized carbons (Fsp3) is 0.846. The lowest BCUT2D eigenvalue weighted by Crippen LogP contribution is -1.99. The average Bonchev–Trinajstić information content (AvgIpc) is 2.21. The molecule has 0 amide bonds. The van der Waals surface area contributed by atoms with Crippen LogP contribution in [0.5, 0.6) is 0 Å². The molecule has 0 radical (unpaired) electrons. The number of rotatable bonds is 9. The van der Waals surface area contributed by atoms with Crippen LogP contribution in [0.4, 0.5) is 0 Å². The molecule has 0 saturated carbocycles. The van der Waals surface area contributed by atoms with Gasteiger partial charge in [-0.15, -0.1) is 0 Å². The second kappa shape index (κ2) is 10.8. The Balaban J connectivity index is 3.06. The Morgan fingerprint density at radius 2 is 1.57 bits per heavy atom. The molecule has 0 aliphatic carbocycles. The summed E-state index contributed by atoms with van der Waals surface area (Å²) >= 11 is 0. The molecule has 14 heavy (non-hydrogen) atoms. The van der Waals surface area contributed by atoms with Gasteiger partial charge in [0.1, 0.15) is 0 Å². The highest BCUT2D eigenvalue weighted by atomic mass is 14.5. The van der Waals surface area contributed by atoms with Gasteiger partial charge in [0, 0.05) is 6.54 Å². The minimum absolute atomic E-state index is 0.719. The standard InChI is InChI=1S/C13H27N/c1-3-4-5-6-7-8-9-10-11-13(2)12-14/h11H,3-10,12,14H2,1-2H3.